The molecule has 1 heterocycles. The monoisotopic (exact) mass is 241 g/mol. The Morgan fingerprint density at radius 1 is 1.50 bits per heavy atom. The van der Waals surface area contributed by atoms with Crippen LogP contribution in [0, 0.1) is 0 Å². The second-order valence-corrected chi connectivity index (χ2v) is 4.62. The highest BCUT2D eigenvalue weighted by molar-refractivity contribution is 9.11. The molecule has 0 N–H and O–H groups in total. The zero-order chi connectivity index (χ0) is 8.55. The Labute approximate surface area is 81.4 Å². The van der Waals surface area contributed by atoms with E-state index in [-0.39, 0.29) is 0 Å². The first kappa shape index (κ1) is 7.89. The van der Waals surface area contributed by atoms with Gasteiger partial charge in [0, 0.05) is 5.56 Å². The highest BCUT2D eigenvalue weighted by atomic mass is 79.9. The first-order valence-corrected chi connectivity index (χ1v) is 4.92. The molecule has 0 amide bonds. The van der Waals surface area contributed by atoms with E-state index in [4.69, 9.17) is 0 Å². The predicted molar refractivity (Wildman–Crippen MR) is 52.7 cm³/mol. The van der Waals surface area contributed by atoms with E-state index in [0.29, 0.717) is 5.56 Å². The Morgan fingerprint density at radius 3 is 3.08 bits per heavy atom. The average Bonchev–Trinajstić information content (AvgIpc) is 2.43. The van der Waals surface area contributed by atoms with Crippen molar-refractivity contribution in [2.45, 2.75) is 0 Å². The number of aldehydes is 1. The topological polar surface area (TPSA) is 30.0 Å². The van der Waals surface area contributed by atoms with Gasteiger partial charge in [0.15, 0.2) is 3.92 Å². The fraction of sp³-hybridized carbons (Fsp3) is 0. The minimum absolute atomic E-state index is 0.667. The number of hydrogen-bond donors (Lipinski definition) is 0. The number of hydrogen-bond acceptors (Lipinski definition) is 3. The van der Waals surface area contributed by atoms with Crippen LogP contribution in [-0.4, -0.2) is 11.3 Å². The minimum Gasteiger partial charge on any atom is -0.298 e. The molecule has 2 nitrogen and oxygen atoms in total. The fourth-order valence-electron chi connectivity index (χ4n) is 0.990. The predicted octanol–water partition coefficient (Wildman–Crippen LogP) is 2.87. The van der Waals surface area contributed by atoms with E-state index in [0.717, 1.165) is 20.4 Å². The molecule has 1 aromatic heterocycles. The molecule has 0 spiro atoms. The van der Waals surface area contributed by atoms with Crippen molar-refractivity contribution in [3.05, 3.63) is 27.7 Å². The van der Waals surface area contributed by atoms with Crippen molar-refractivity contribution < 1.29 is 4.79 Å². The van der Waals surface area contributed by atoms with Crippen LogP contribution in [0.15, 0.2) is 22.1 Å². The summed E-state index contributed by atoms with van der Waals surface area (Å²) in [5, 5.41) is 0. The number of nitrogens with zero attached hydrogens (tertiary/aromatic N) is 1. The van der Waals surface area contributed by atoms with E-state index in [9.17, 15) is 4.79 Å². The van der Waals surface area contributed by atoms with Gasteiger partial charge in [-0.25, -0.2) is 4.98 Å². The van der Waals surface area contributed by atoms with Crippen LogP contribution >= 0.6 is 27.3 Å². The molecule has 12 heavy (non-hydrogen) atoms. The summed E-state index contributed by atoms with van der Waals surface area (Å²) in [4.78, 5) is 14.6. The van der Waals surface area contributed by atoms with Gasteiger partial charge in [0.2, 0.25) is 0 Å². The Balaban J connectivity index is 2.74. The van der Waals surface area contributed by atoms with Crippen LogP contribution in [0.5, 0.6) is 0 Å². The van der Waals surface area contributed by atoms with Crippen molar-refractivity contribution in [3.8, 4) is 0 Å². The Kier molecular flexibility index (Phi) is 1.94. The van der Waals surface area contributed by atoms with Crippen LogP contribution in [0.1, 0.15) is 10.4 Å². The van der Waals surface area contributed by atoms with E-state index in [1.807, 2.05) is 6.07 Å². The molecule has 1 aromatic carbocycles. The zero-order valence-electron chi connectivity index (χ0n) is 5.95. The molecule has 60 valence electrons. The summed E-state index contributed by atoms with van der Waals surface area (Å²) in [6, 6.07) is 5.48. The summed E-state index contributed by atoms with van der Waals surface area (Å²) < 4.78 is 1.94. The summed E-state index contributed by atoms with van der Waals surface area (Å²) >= 11 is 4.85. The second-order valence-electron chi connectivity index (χ2n) is 2.31. The van der Waals surface area contributed by atoms with Gasteiger partial charge in [0.1, 0.15) is 6.29 Å². The number of rotatable bonds is 1. The molecule has 2 rings (SSSR count). The highest BCUT2D eigenvalue weighted by Gasteiger charge is 2.00. The average molecular weight is 242 g/mol. The van der Waals surface area contributed by atoms with Crippen LogP contribution in [0.3, 0.4) is 0 Å². The fourth-order valence-corrected chi connectivity index (χ4v) is 2.37. The van der Waals surface area contributed by atoms with E-state index in [1.165, 1.54) is 0 Å². The van der Waals surface area contributed by atoms with Gasteiger partial charge in [0.25, 0.3) is 0 Å². The lowest BCUT2D eigenvalue weighted by Gasteiger charge is -1.87. The van der Waals surface area contributed by atoms with Crippen LogP contribution in [0.2, 0.25) is 0 Å². The van der Waals surface area contributed by atoms with E-state index < -0.39 is 0 Å². The number of carbonyl (C=O) groups excluding carboxylic acids is 1. The third-order valence-corrected chi connectivity index (χ3v) is 3.01. The van der Waals surface area contributed by atoms with E-state index in [2.05, 4.69) is 20.9 Å². The van der Waals surface area contributed by atoms with Gasteiger partial charge in [0.05, 0.1) is 10.2 Å². The number of benzene rings is 1. The number of halogens is 1. The Bertz CT molecular complexity index is 438. The molecule has 0 radical (unpaired) electrons. The van der Waals surface area contributed by atoms with Crippen LogP contribution in [0.4, 0.5) is 0 Å². The summed E-state index contributed by atoms with van der Waals surface area (Å²) in [6.45, 7) is 0. The van der Waals surface area contributed by atoms with Crippen molar-refractivity contribution in [2.75, 3.05) is 0 Å². The SMILES string of the molecule is O=Cc1ccc2sc(Br)nc2c1. The van der Waals surface area contributed by atoms with Gasteiger partial charge in [-0.2, -0.15) is 0 Å². The second kappa shape index (κ2) is 2.95. The van der Waals surface area contributed by atoms with Crippen molar-refractivity contribution in [3.63, 3.8) is 0 Å². The summed E-state index contributed by atoms with van der Waals surface area (Å²) in [7, 11) is 0. The normalized spacial score (nSPS) is 10.4. The molecule has 0 aliphatic carbocycles. The van der Waals surface area contributed by atoms with Gasteiger partial charge in [-0.1, -0.05) is 6.07 Å². The summed E-state index contributed by atoms with van der Waals surface area (Å²) in [6.07, 6.45) is 0.826. The Hall–Kier alpha value is -0.740. The maximum atomic E-state index is 10.4. The third kappa shape index (κ3) is 1.28. The standard InChI is InChI=1S/C8H4BrNOS/c9-8-10-6-3-5(4-11)1-2-7(6)12-8/h1-4H. The van der Waals surface area contributed by atoms with Crippen molar-refractivity contribution in [2.24, 2.45) is 0 Å². The summed E-state index contributed by atoms with van der Waals surface area (Å²) in [5.41, 5.74) is 1.54. The van der Waals surface area contributed by atoms with Crippen molar-refractivity contribution >= 4 is 43.8 Å². The number of thiazole rings is 1. The lowest BCUT2D eigenvalue weighted by molar-refractivity contribution is 0.112. The number of aromatic nitrogens is 1. The minimum atomic E-state index is 0.667. The summed E-state index contributed by atoms with van der Waals surface area (Å²) in [5.74, 6) is 0. The van der Waals surface area contributed by atoms with E-state index >= 15 is 0 Å². The van der Waals surface area contributed by atoms with Gasteiger partial charge in [-0.3, -0.25) is 4.79 Å². The smallest absolute Gasteiger partial charge is 0.160 e. The van der Waals surface area contributed by atoms with Crippen molar-refractivity contribution in [1.82, 2.24) is 4.98 Å². The molecule has 0 aliphatic rings. The molecule has 0 bridgehead atoms. The van der Waals surface area contributed by atoms with Crippen LogP contribution < -0.4 is 0 Å². The molecule has 4 heteroatoms. The molecule has 0 atom stereocenters. The first-order valence-electron chi connectivity index (χ1n) is 3.31. The quantitative estimate of drug-likeness (QED) is 0.719. The highest BCUT2D eigenvalue weighted by Crippen LogP contribution is 2.26. The molecule has 0 saturated heterocycles. The van der Waals surface area contributed by atoms with Gasteiger partial charge in [-0.15, -0.1) is 11.3 Å². The molecular formula is C8H4BrNOS. The first-order chi connectivity index (χ1) is 5.79. The van der Waals surface area contributed by atoms with Crippen LogP contribution in [-0.2, 0) is 0 Å². The molecule has 0 unspecified atom stereocenters. The maximum absolute atomic E-state index is 10.4. The van der Waals surface area contributed by atoms with Gasteiger partial charge in [-0.05, 0) is 28.1 Å². The van der Waals surface area contributed by atoms with Crippen molar-refractivity contribution in [1.29, 1.82) is 0 Å². The molecule has 0 aliphatic heterocycles. The maximum Gasteiger partial charge on any atom is 0.160 e. The van der Waals surface area contributed by atoms with E-state index in [1.54, 1.807) is 23.5 Å². The number of carbonyl (C=O) groups is 1. The molecule has 0 saturated carbocycles. The molecule has 0 fully saturated rings. The third-order valence-electron chi connectivity index (χ3n) is 1.52. The largest absolute Gasteiger partial charge is 0.298 e. The Morgan fingerprint density at radius 2 is 2.33 bits per heavy atom. The lowest BCUT2D eigenvalue weighted by atomic mass is 10.2. The van der Waals surface area contributed by atoms with Gasteiger partial charge < -0.3 is 0 Å². The zero-order valence-corrected chi connectivity index (χ0v) is 8.35. The number of fused-ring (bicyclic) bond motifs is 1. The molecular weight excluding hydrogens is 238 g/mol. The molecule has 2 aromatic rings. The lowest BCUT2D eigenvalue weighted by Crippen LogP contribution is -1.77. The van der Waals surface area contributed by atoms with Gasteiger partial charge >= 0.3 is 0 Å². The van der Waals surface area contributed by atoms with Crippen LogP contribution in [0.25, 0.3) is 10.2 Å².